The number of rotatable bonds is 10. The first-order chi connectivity index (χ1) is 32.6. The van der Waals surface area contributed by atoms with E-state index in [9.17, 15) is 0 Å². The Hall–Kier alpha value is -7.92. The summed E-state index contributed by atoms with van der Waals surface area (Å²) in [5.41, 5.74) is 15.9. The molecule has 0 radical (unpaired) electrons. The first-order valence-electron chi connectivity index (χ1n) is 22.2. The van der Waals surface area contributed by atoms with Crippen LogP contribution < -0.4 is 14.5 Å². The molecule has 6 nitrogen and oxygen atoms in total. The molecule has 7 heteroatoms. The molecule has 12 rings (SSSR count). The van der Waals surface area contributed by atoms with Crippen LogP contribution in [0.15, 0.2) is 212 Å². The summed E-state index contributed by atoms with van der Waals surface area (Å²) >= 11 is 0. The van der Waals surface area contributed by atoms with Crippen molar-refractivity contribution in [3.63, 3.8) is 0 Å². The van der Waals surface area contributed by atoms with E-state index in [4.69, 9.17) is 15.0 Å². The third-order valence-electron chi connectivity index (χ3n) is 12.4. The first-order valence-corrected chi connectivity index (χ1v) is 22.2. The number of aromatic nitrogens is 2. The molecular formula is C60H41N5OPt. The van der Waals surface area contributed by atoms with Crippen molar-refractivity contribution in [3.05, 3.63) is 242 Å². The van der Waals surface area contributed by atoms with Gasteiger partial charge in [-0.3, -0.25) is 4.98 Å². The molecule has 1 aliphatic heterocycles. The zero-order valence-electron chi connectivity index (χ0n) is 36.5. The second-order valence-electron chi connectivity index (χ2n) is 16.5. The van der Waals surface area contributed by atoms with Gasteiger partial charge in [0.25, 0.3) is 0 Å². The summed E-state index contributed by atoms with van der Waals surface area (Å²) in [5, 5.41) is 8.47. The third kappa shape index (κ3) is 7.79. The van der Waals surface area contributed by atoms with Gasteiger partial charge in [-0.25, -0.2) is 0 Å². The molecule has 2 aromatic heterocycles. The summed E-state index contributed by atoms with van der Waals surface area (Å²) in [4.78, 5) is 9.24. The van der Waals surface area contributed by atoms with Crippen LogP contribution in [0.25, 0.3) is 71.4 Å². The second kappa shape index (κ2) is 17.8. The number of benzene rings is 9. The van der Waals surface area contributed by atoms with Crippen LogP contribution in [0.5, 0.6) is 11.5 Å². The molecule has 0 unspecified atom stereocenters. The Morgan fingerprint density at radius 2 is 1.13 bits per heavy atom. The zero-order valence-corrected chi connectivity index (χ0v) is 38.7. The van der Waals surface area contributed by atoms with Crippen molar-refractivity contribution in [2.45, 2.75) is 13.6 Å². The largest absolute Gasteiger partial charge is 4.00 e. The van der Waals surface area contributed by atoms with Crippen molar-refractivity contribution in [1.82, 2.24) is 9.55 Å². The number of hydrogen-bond donors (Lipinski definition) is 0. The van der Waals surface area contributed by atoms with Crippen molar-refractivity contribution in [2.75, 3.05) is 9.80 Å². The fraction of sp³-hybridized carbons (Fsp3) is 0.0333. The Balaban J connectivity index is 0.00000494. The molecule has 0 N–H and O–H groups in total. The summed E-state index contributed by atoms with van der Waals surface area (Å²) in [6, 6.07) is 81.1. The average molecular weight is 1040 g/mol. The minimum absolute atomic E-state index is 0. The van der Waals surface area contributed by atoms with Gasteiger partial charge in [0.1, 0.15) is 0 Å². The molecule has 0 atom stereocenters. The van der Waals surface area contributed by atoms with Crippen molar-refractivity contribution < 1.29 is 25.8 Å². The summed E-state index contributed by atoms with van der Waals surface area (Å²) in [6.45, 7) is 4.63. The third-order valence-corrected chi connectivity index (χ3v) is 12.4. The number of fused-ring (bicyclic) bond motifs is 5. The Morgan fingerprint density at radius 3 is 1.88 bits per heavy atom. The minimum atomic E-state index is 0. The number of aryl methyl sites for hydroxylation is 1. The Labute approximate surface area is 404 Å². The van der Waals surface area contributed by atoms with Crippen LogP contribution in [-0.2, 0) is 27.7 Å². The van der Waals surface area contributed by atoms with Crippen molar-refractivity contribution in [3.8, 4) is 44.9 Å². The van der Waals surface area contributed by atoms with E-state index in [0.29, 0.717) is 18.2 Å². The summed E-state index contributed by atoms with van der Waals surface area (Å²) in [5.74, 6) is 1.19. The van der Waals surface area contributed by atoms with E-state index >= 15 is 0 Å². The van der Waals surface area contributed by atoms with Gasteiger partial charge in [0.2, 0.25) is 0 Å². The van der Waals surface area contributed by atoms with Crippen LogP contribution in [0.2, 0.25) is 0 Å². The number of anilines is 4. The fourth-order valence-corrected chi connectivity index (χ4v) is 9.34. The number of ether oxygens (including phenoxy) is 1. The minimum Gasteiger partial charge on any atom is -0.668 e. The van der Waals surface area contributed by atoms with E-state index in [1.165, 1.54) is 5.56 Å². The molecule has 0 spiro atoms. The number of para-hydroxylation sites is 5. The number of nitrogens with zero attached hydrogens (tertiary/aromatic N) is 5. The maximum Gasteiger partial charge on any atom is 4.00 e. The molecule has 0 amide bonds. The van der Waals surface area contributed by atoms with Gasteiger partial charge in [0.05, 0.1) is 5.52 Å². The fourth-order valence-electron chi connectivity index (χ4n) is 9.34. The monoisotopic (exact) mass is 1040 g/mol. The predicted molar refractivity (Wildman–Crippen MR) is 271 cm³/mol. The molecular weight excluding hydrogens is 1000 g/mol. The normalized spacial score (nSPS) is 12.1. The molecule has 11 aromatic rings. The van der Waals surface area contributed by atoms with Crippen LogP contribution in [0.4, 0.5) is 28.4 Å². The van der Waals surface area contributed by atoms with Gasteiger partial charge in [0, 0.05) is 56.3 Å². The van der Waals surface area contributed by atoms with Crippen LogP contribution in [0.1, 0.15) is 5.69 Å². The van der Waals surface area contributed by atoms with E-state index in [1.54, 1.807) is 0 Å². The van der Waals surface area contributed by atoms with E-state index < -0.39 is 0 Å². The van der Waals surface area contributed by atoms with Gasteiger partial charge >= 0.3 is 21.1 Å². The Bertz CT molecular complexity index is 3510. The summed E-state index contributed by atoms with van der Waals surface area (Å²) in [6.07, 6.45) is 0. The molecule has 0 fully saturated rings. The smallest absolute Gasteiger partial charge is 0.668 e. The van der Waals surface area contributed by atoms with Crippen LogP contribution in [0.3, 0.4) is 0 Å². The van der Waals surface area contributed by atoms with Crippen molar-refractivity contribution >= 4 is 61.1 Å². The quantitative estimate of drug-likeness (QED) is 0.128. The maximum atomic E-state index is 6.63. The average Bonchev–Trinajstić information content (AvgIpc) is 3.91. The van der Waals surface area contributed by atoms with Crippen molar-refractivity contribution in [2.24, 2.45) is 0 Å². The molecule has 0 bridgehead atoms. The molecule has 0 aliphatic carbocycles. The predicted octanol–water partition coefficient (Wildman–Crippen LogP) is 16.1. The van der Waals surface area contributed by atoms with Gasteiger partial charge in [-0.2, -0.15) is 12.1 Å². The Morgan fingerprint density at radius 1 is 0.522 bits per heavy atom. The van der Waals surface area contributed by atoms with Crippen molar-refractivity contribution in [1.29, 1.82) is 0 Å². The van der Waals surface area contributed by atoms with Crippen LogP contribution in [0, 0.1) is 25.7 Å². The van der Waals surface area contributed by atoms with Gasteiger partial charge < -0.3 is 24.4 Å². The summed E-state index contributed by atoms with van der Waals surface area (Å²) in [7, 11) is 0. The molecule has 3 heterocycles. The van der Waals surface area contributed by atoms with E-state index in [0.717, 1.165) is 94.7 Å². The van der Waals surface area contributed by atoms with E-state index in [-0.39, 0.29) is 21.1 Å². The maximum absolute atomic E-state index is 6.63. The zero-order chi connectivity index (χ0) is 44.0. The van der Waals surface area contributed by atoms with E-state index in [1.807, 2.05) is 31.2 Å². The number of hydrogen-bond acceptors (Lipinski definition) is 4. The van der Waals surface area contributed by atoms with Crippen LogP contribution in [-0.4, -0.2) is 9.55 Å². The van der Waals surface area contributed by atoms with Gasteiger partial charge in [-0.15, -0.1) is 53.8 Å². The van der Waals surface area contributed by atoms with E-state index in [2.05, 4.69) is 221 Å². The topological polar surface area (TPSA) is 47.6 Å². The molecule has 1 aliphatic rings. The standard InChI is InChI=1S/C60H41N5O.Pt/c1-41-36-54(51-22-8-10-26-55(51)62-41)44-30-32-45(33-31-44)61-39-63-56-27-11-9-23-52(56)53-35-34-48(38-59(53)63)66-47-21-14-20-46(37-47)64-40-65(58-29-13-12-28-57(58)64)60-49(42-16-4-2-5-17-42)24-15-25-50(60)43-18-6-3-7-19-43;/h2-36,40H,39H2,1H3;/q-4;+4. The second-order valence-corrected chi connectivity index (χ2v) is 16.5. The van der Waals surface area contributed by atoms with Crippen LogP contribution >= 0.6 is 0 Å². The summed E-state index contributed by atoms with van der Waals surface area (Å²) < 4.78 is 8.85. The molecule has 9 aromatic carbocycles. The SMILES string of the molecule is Cc1cc(-c2ccc([N-]Cn3c4[c-]c(Oc5[c-]c(N6[CH-]N(c7c(-c8ccccc8)cccc7-c7ccccc7)c7ccccc76)ccc5)ccc4c4ccccc43)cc2)c2ccccc2n1.[Pt+4]. The first kappa shape index (κ1) is 41.8. The Kier molecular flexibility index (Phi) is 11.1. The van der Waals surface area contributed by atoms with Gasteiger partial charge in [0.15, 0.2) is 0 Å². The van der Waals surface area contributed by atoms with Gasteiger partial charge in [-0.05, 0) is 64.9 Å². The molecule has 0 saturated heterocycles. The molecule has 67 heavy (non-hydrogen) atoms. The van der Waals surface area contributed by atoms with Gasteiger partial charge in [-0.1, -0.05) is 164 Å². The number of pyridine rings is 1. The molecule has 322 valence electrons. The molecule has 0 saturated carbocycles.